The molecule has 0 unspecified atom stereocenters. The first-order valence-corrected chi connectivity index (χ1v) is 16.6. The Kier molecular flexibility index (Phi) is 5.33. The molecule has 2 heteroatoms. The molecule has 0 N–H and O–H groups in total. The number of rotatable bonds is 3. The van der Waals surface area contributed by atoms with E-state index in [4.69, 9.17) is 0 Å². The first-order valence-electron chi connectivity index (χ1n) is 14.9. The molecular weight excluding hydrogens is 585 g/mol. The molecule has 0 bridgehead atoms. The fourth-order valence-corrected chi connectivity index (χ4v) is 9.76. The van der Waals surface area contributed by atoms with Gasteiger partial charge in [0.2, 0.25) is 0 Å². The van der Waals surface area contributed by atoms with Crippen molar-refractivity contribution in [1.82, 2.24) is 0 Å². The van der Waals surface area contributed by atoms with Crippen LogP contribution in [0.25, 0.3) is 52.0 Å². The summed E-state index contributed by atoms with van der Waals surface area (Å²) in [4.78, 5) is 2.43. The first kappa shape index (κ1) is 24.9. The van der Waals surface area contributed by atoms with Crippen molar-refractivity contribution in [1.29, 1.82) is 0 Å². The number of fused-ring (bicyclic) bond motifs is 9. The summed E-state index contributed by atoms with van der Waals surface area (Å²) in [6.07, 6.45) is 0. The van der Waals surface area contributed by atoms with Crippen molar-refractivity contribution in [2.45, 2.75) is 19.3 Å². The molecule has 204 valence electrons. The fourth-order valence-electron chi connectivity index (χ4n) is 7.20. The summed E-state index contributed by atoms with van der Waals surface area (Å²) < 4.78 is 2.97. The molecule has 1 aliphatic carbocycles. The van der Waals surface area contributed by atoms with Crippen molar-refractivity contribution in [3.05, 3.63) is 151 Å². The molecule has 0 saturated heterocycles. The Balaban J connectivity index is 1.24. The molecule has 1 nitrogen and oxygen atoms in total. The van der Waals surface area contributed by atoms with E-state index in [2.05, 4.69) is 158 Å². The molecule has 0 fully saturated rings. The molecule has 0 atom stereocenters. The third-order valence-corrected chi connectivity index (χ3v) is 12.0. The van der Waals surface area contributed by atoms with E-state index in [1.165, 1.54) is 80.2 Å². The number of benzene rings is 7. The molecule has 7 aromatic carbocycles. The van der Waals surface area contributed by atoms with Crippen molar-refractivity contribution >= 4 is 72.4 Å². The van der Waals surface area contributed by atoms with Crippen LogP contribution in [-0.2, 0) is 5.41 Å². The van der Waals surface area contributed by atoms with Crippen molar-refractivity contribution in [2.75, 3.05) is 4.90 Å². The van der Waals surface area contributed by atoms with Gasteiger partial charge in [-0.2, -0.15) is 0 Å². The molecule has 8 aromatic rings. The second-order valence-corrected chi connectivity index (χ2v) is 14.4. The SMILES string of the molecule is CC1(C)c2cc(N(c3ccccc3)c3ccc4[se]c5c6ccccc6ccc5c4c3)ccc2-c2cc3ccccc3cc21. The van der Waals surface area contributed by atoms with Crippen molar-refractivity contribution in [3.8, 4) is 11.1 Å². The Morgan fingerprint density at radius 1 is 0.465 bits per heavy atom. The van der Waals surface area contributed by atoms with Gasteiger partial charge < -0.3 is 0 Å². The standard InChI is InChI=1S/C41H29NSe/c1-41(2)37-23-28-12-7-6-11-27(28)22-35(37)33-20-17-31(25-38(33)41)42(29-13-4-3-5-14-29)30-18-21-39-36(24-30)34-19-16-26-10-8-9-15-32(26)40(34)43-39/h3-25H,1-2H3. The predicted molar refractivity (Wildman–Crippen MR) is 186 cm³/mol. The van der Waals surface area contributed by atoms with Crippen molar-refractivity contribution < 1.29 is 0 Å². The average molecular weight is 615 g/mol. The Morgan fingerprint density at radius 3 is 1.98 bits per heavy atom. The zero-order chi connectivity index (χ0) is 28.7. The molecule has 1 heterocycles. The molecule has 0 saturated carbocycles. The van der Waals surface area contributed by atoms with Gasteiger partial charge in [0, 0.05) is 0 Å². The number of nitrogens with zero attached hydrogens (tertiary/aromatic N) is 1. The van der Waals surface area contributed by atoms with Gasteiger partial charge in [-0.3, -0.25) is 0 Å². The number of hydrogen-bond donors (Lipinski definition) is 0. The van der Waals surface area contributed by atoms with E-state index in [-0.39, 0.29) is 5.41 Å². The molecule has 43 heavy (non-hydrogen) atoms. The fraction of sp³-hybridized carbons (Fsp3) is 0.0732. The minimum absolute atomic E-state index is 0.0898. The van der Waals surface area contributed by atoms with E-state index in [0.717, 1.165) is 0 Å². The zero-order valence-electron chi connectivity index (χ0n) is 24.1. The Hall–Kier alpha value is -4.62. The predicted octanol–water partition coefficient (Wildman–Crippen LogP) is 11.1. The van der Waals surface area contributed by atoms with Crippen LogP contribution < -0.4 is 4.90 Å². The van der Waals surface area contributed by atoms with Crippen LogP contribution >= 0.6 is 0 Å². The monoisotopic (exact) mass is 615 g/mol. The molecule has 0 aliphatic heterocycles. The van der Waals surface area contributed by atoms with Gasteiger partial charge in [0.1, 0.15) is 0 Å². The van der Waals surface area contributed by atoms with Gasteiger partial charge in [-0.25, -0.2) is 0 Å². The van der Waals surface area contributed by atoms with E-state index in [0.29, 0.717) is 14.5 Å². The summed E-state index contributed by atoms with van der Waals surface area (Å²) in [5.74, 6) is 0. The quantitative estimate of drug-likeness (QED) is 0.179. The normalized spacial score (nSPS) is 13.5. The molecule has 0 radical (unpaired) electrons. The molecule has 0 spiro atoms. The van der Waals surface area contributed by atoms with Gasteiger partial charge >= 0.3 is 234 Å². The Morgan fingerprint density at radius 2 is 1.14 bits per heavy atom. The first-order chi connectivity index (χ1) is 21.1. The average Bonchev–Trinajstić information content (AvgIpc) is 3.53. The van der Waals surface area contributed by atoms with E-state index in [1.54, 1.807) is 0 Å². The van der Waals surface area contributed by atoms with Crippen LogP contribution in [0.1, 0.15) is 25.0 Å². The summed E-state index contributed by atoms with van der Waals surface area (Å²) >= 11 is 0.300. The Labute approximate surface area is 257 Å². The minimum atomic E-state index is -0.0898. The van der Waals surface area contributed by atoms with Crippen LogP contribution in [0.15, 0.2) is 140 Å². The number of hydrogen-bond acceptors (Lipinski definition) is 1. The van der Waals surface area contributed by atoms with E-state index >= 15 is 0 Å². The van der Waals surface area contributed by atoms with Crippen molar-refractivity contribution in [2.24, 2.45) is 0 Å². The van der Waals surface area contributed by atoms with Gasteiger partial charge in [-0.15, -0.1) is 0 Å². The van der Waals surface area contributed by atoms with Gasteiger partial charge in [0.25, 0.3) is 0 Å². The zero-order valence-corrected chi connectivity index (χ0v) is 25.8. The second kappa shape index (κ2) is 9.19. The summed E-state index contributed by atoms with van der Waals surface area (Å²) in [5, 5.41) is 8.09. The molecule has 1 aromatic heterocycles. The van der Waals surface area contributed by atoms with Gasteiger partial charge in [0.15, 0.2) is 0 Å². The third kappa shape index (κ3) is 3.70. The van der Waals surface area contributed by atoms with Crippen LogP contribution in [0.4, 0.5) is 17.1 Å². The van der Waals surface area contributed by atoms with E-state index in [1.807, 2.05) is 0 Å². The maximum atomic E-state index is 2.44. The topological polar surface area (TPSA) is 3.24 Å². The summed E-state index contributed by atoms with van der Waals surface area (Å²) in [7, 11) is 0. The van der Waals surface area contributed by atoms with Crippen LogP contribution in [0.2, 0.25) is 0 Å². The molecule has 9 rings (SSSR count). The van der Waals surface area contributed by atoms with Crippen LogP contribution in [0, 0.1) is 0 Å². The van der Waals surface area contributed by atoms with Gasteiger partial charge in [0.05, 0.1) is 0 Å². The van der Waals surface area contributed by atoms with Crippen LogP contribution in [0.5, 0.6) is 0 Å². The number of para-hydroxylation sites is 1. The summed E-state index contributed by atoms with van der Waals surface area (Å²) in [6, 6.07) is 52.0. The molecular formula is C41H29NSe. The summed E-state index contributed by atoms with van der Waals surface area (Å²) in [6.45, 7) is 4.75. The van der Waals surface area contributed by atoms with E-state index < -0.39 is 0 Å². The second-order valence-electron chi connectivity index (χ2n) is 12.2. The Bertz CT molecular complexity index is 2380. The van der Waals surface area contributed by atoms with Gasteiger partial charge in [-0.1, -0.05) is 24.3 Å². The maximum absolute atomic E-state index is 2.44. The summed E-state index contributed by atoms with van der Waals surface area (Å²) in [5.41, 5.74) is 8.97. The van der Waals surface area contributed by atoms with Crippen LogP contribution in [0.3, 0.4) is 0 Å². The van der Waals surface area contributed by atoms with Crippen LogP contribution in [-0.4, -0.2) is 14.5 Å². The number of anilines is 3. The van der Waals surface area contributed by atoms with Crippen molar-refractivity contribution in [3.63, 3.8) is 0 Å². The molecule has 1 aliphatic rings. The third-order valence-electron chi connectivity index (χ3n) is 9.40. The van der Waals surface area contributed by atoms with Gasteiger partial charge in [-0.05, 0) is 0 Å². The molecule has 0 amide bonds. The van der Waals surface area contributed by atoms with E-state index in [9.17, 15) is 0 Å².